The molecule has 4 rings (SSSR count). The molecule has 0 aliphatic rings. The van der Waals surface area contributed by atoms with Crippen molar-refractivity contribution in [3.63, 3.8) is 0 Å². The average molecular weight is 462 g/mol. The third-order valence-corrected chi connectivity index (χ3v) is 5.58. The molecular formula is C24H20FN5O2S. The SMILES string of the molecule is CN(C)C=CC(=O)c1nn(-c2ccc(-n3cccn3)cc2F)cc(Sc2ccccc2)c1=O. The summed E-state index contributed by atoms with van der Waals surface area (Å²) in [6, 6.07) is 15.5. The van der Waals surface area contributed by atoms with Gasteiger partial charge in [0.15, 0.2) is 11.5 Å². The van der Waals surface area contributed by atoms with E-state index >= 15 is 4.39 Å². The van der Waals surface area contributed by atoms with Crippen LogP contribution in [0.4, 0.5) is 4.39 Å². The Morgan fingerprint density at radius 1 is 1.09 bits per heavy atom. The van der Waals surface area contributed by atoms with Crippen molar-refractivity contribution in [1.82, 2.24) is 24.5 Å². The van der Waals surface area contributed by atoms with Crippen LogP contribution >= 0.6 is 11.8 Å². The van der Waals surface area contributed by atoms with Crippen LogP contribution in [0.1, 0.15) is 10.5 Å². The Morgan fingerprint density at radius 3 is 2.55 bits per heavy atom. The van der Waals surface area contributed by atoms with E-state index in [1.807, 2.05) is 30.3 Å². The molecule has 33 heavy (non-hydrogen) atoms. The van der Waals surface area contributed by atoms with Gasteiger partial charge in [-0.1, -0.05) is 30.0 Å². The fourth-order valence-corrected chi connectivity index (χ4v) is 3.87. The normalized spacial score (nSPS) is 11.1. The molecule has 0 aliphatic carbocycles. The van der Waals surface area contributed by atoms with Crippen LogP contribution in [0.15, 0.2) is 100 Å². The van der Waals surface area contributed by atoms with E-state index in [-0.39, 0.29) is 16.3 Å². The van der Waals surface area contributed by atoms with Gasteiger partial charge in [-0.15, -0.1) is 0 Å². The van der Waals surface area contributed by atoms with Crippen molar-refractivity contribution in [2.24, 2.45) is 0 Å². The van der Waals surface area contributed by atoms with Crippen LogP contribution in [-0.4, -0.2) is 44.3 Å². The second-order valence-corrected chi connectivity index (χ2v) is 8.38. The van der Waals surface area contributed by atoms with Crippen molar-refractivity contribution < 1.29 is 9.18 Å². The van der Waals surface area contributed by atoms with E-state index in [9.17, 15) is 9.59 Å². The maximum atomic E-state index is 15.1. The third-order valence-electron chi connectivity index (χ3n) is 4.56. The highest BCUT2D eigenvalue weighted by atomic mass is 32.2. The number of rotatable bonds is 7. The summed E-state index contributed by atoms with van der Waals surface area (Å²) < 4.78 is 17.8. The summed E-state index contributed by atoms with van der Waals surface area (Å²) in [4.78, 5) is 28.6. The number of aromatic nitrogens is 4. The highest BCUT2D eigenvalue weighted by Crippen LogP contribution is 2.26. The molecule has 4 aromatic rings. The lowest BCUT2D eigenvalue weighted by Crippen LogP contribution is -2.23. The predicted octanol–water partition coefficient (Wildman–Crippen LogP) is 3.97. The highest BCUT2D eigenvalue weighted by Gasteiger charge is 2.18. The Kier molecular flexibility index (Phi) is 6.50. The zero-order valence-electron chi connectivity index (χ0n) is 17.9. The van der Waals surface area contributed by atoms with Gasteiger partial charge in [0.1, 0.15) is 5.69 Å². The Balaban J connectivity index is 1.82. The van der Waals surface area contributed by atoms with Crippen LogP contribution in [0, 0.1) is 5.82 Å². The standard InChI is InChI=1S/C24H20FN5O2S/c1-28(2)14-11-21(31)23-24(32)22(33-18-7-4-3-5-8-18)16-30(27-23)20-10-9-17(15-19(20)25)29-13-6-12-26-29/h3-16H,1-2H3. The van der Waals surface area contributed by atoms with Crippen LogP contribution in [0.5, 0.6) is 0 Å². The van der Waals surface area contributed by atoms with Gasteiger partial charge in [0, 0.05) is 55.9 Å². The number of carbonyl (C=O) groups excluding carboxylic acids is 1. The second-order valence-electron chi connectivity index (χ2n) is 7.26. The first-order chi connectivity index (χ1) is 15.9. The van der Waals surface area contributed by atoms with Gasteiger partial charge < -0.3 is 4.90 Å². The number of hydrogen-bond acceptors (Lipinski definition) is 6. The summed E-state index contributed by atoms with van der Waals surface area (Å²) in [5.41, 5.74) is -0.162. The first kappa shape index (κ1) is 22.2. The van der Waals surface area contributed by atoms with Gasteiger partial charge >= 0.3 is 0 Å². The lowest BCUT2D eigenvalue weighted by molar-refractivity contribution is 0.103. The average Bonchev–Trinajstić information content (AvgIpc) is 3.34. The monoisotopic (exact) mass is 461 g/mol. The molecule has 166 valence electrons. The van der Waals surface area contributed by atoms with E-state index in [2.05, 4.69) is 10.2 Å². The first-order valence-corrected chi connectivity index (χ1v) is 10.8. The van der Waals surface area contributed by atoms with Crippen LogP contribution in [0.25, 0.3) is 11.4 Å². The van der Waals surface area contributed by atoms with Gasteiger partial charge in [-0.05, 0) is 30.3 Å². The predicted molar refractivity (Wildman–Crippen MR) is 125 cm³/mol. The van der Waals surface area contributed by atoms with E-state index in [4.69, 9.17) is 0 Å². The Hall–Kier alpha value is -3.98. The number of ketones is 1. The smallest absolute Gasteiger partial charge is 0.225 e. The van der Waals surface area contributed by atoms with Gasteiger partial charge in [-0.3, -0.25) is 9.59 Å². The van der Waals surface area contributed by atoms with Crippen molar-refractivity contribution >= 4 is 17.5 Å². The van der Waals surface area contributed by atoms with Crippen LogP contribution in [0.3, 0.4) is 0 Å². The molecule has 0 saturated heterocycles. The van der Waals surface area contributed by atoms with E-state index in [0.717, 1.165) is 4.90 Å². The van der Waals surface area contributed by atoms with Crippen LogP contribution in [0.2, 0.25) is 0 Å². The van der Waals surface area contributed by atoms with Crippen molar-refractivity contribution in [2.75, 3.05) is 14.1 Å². The molecule has 7 nitrogen and oxygen atoms in total. The molecule has 0 radical (unpaired) electrons. The summed E-state index contributed by atoms with van der Waals surface area (Å²) in [6.45, 7) is 0. The summed E-state index contributed by atoms with van der Waals surface area (Å²) in [5, 5.41) is 8.29. The quantitative estimate of drug-likeness (QED) is 0.306. The molecule has 0 atom stereocenters. The molecule has 2 heterocycles. The fraction of sp³-hybridized carbons (Fsp3) is 0.0833. The minimum Gasteiger partial charge on any atom is -0.383 e. The number of allylic oxidation sites excluding steroid dienone is 1. The molecule has 0 unspecified atom stereocenters. The van der Waals surface area contributed by atoms with Crippen molar-refractivity contribution in [3.8, 4) is 11.4 Å². The number of hydrogen-bond donors (Lipinski definition) is 0. The van der Waals surface area contributed by atoms with E-state index in [0.29, 0.717) is 5.69 Å². The summed E-state index contributed by atoms with van der Waals surface area (Å²) in [6.07, 6.45) is 7.54. The summed E-state index contributed by atoms with van der Waals surface area (Å²) in [7, 11) is 3.52. The maximum Gasteiger partial charge on any atom is 0.225 e. The third kappa shape index (κ3) is 5.09. The Labute approximate surface area is 193 Å². The summed E-state index contributed by atoms with van der Waals surface area (Å²) >= 11 is 1.19. The lowest BCUT2D eigenvalue weighted by Gasteiger charge is -2.12. The molecule has 2 aromatic carbocycles. The summed E-state index contributed by atoms with van der Waals surface area (Å²) in [5.74, 6) is -1.14. The Morgan fingerprint density at radius 2 is 1.88 bits per heavy atom. The molecule has 0 fully saturated rings. The number of benzene rings is 2. The minimum atomic E-state index is -0.572. The van der Waals surface area contributed by atoms with Gasteiger partial charge in [0.2, 0.25) is 11.2 Å². The number of halogens is 1. The van der Waals surface area contributed by atoms with E-state index in [1.165, 1.54) is 51.7 Å². The molecule has 0 aliphatic heterocycles. The van der Waals surface area contributed by atoms with Crippen molar-refractivity contribution in [2.45, 2.75) is 9.79 Å². The van der Waals surface area contributed by atoms with Gasteiger partial charge in [-0.2, -0.15) is 10.2 Å². The molecule has 0 amide bonds. The molecule has 0 N–H and O–H groups in total. The topological polar surface area (TPSA) is 73.0 Å². The highest BCUT2D eigenvalue weighted by molar-refractivity contribution is 7.99. The fourth-order valence-electron chi connectivity index (χ4n) is 2.98. The van der Waals surface area contributed by atoms with Crippen molar-refractivity contribution in [1.29, 1.82) is 0 Å². The van der Waals surface area contributed by atoms with Gasteiger partial charge in [-0.25, -0.2) is 13.8 Å². The van der Waals surface area contributed by atoms with Crippen molar-refractivity contribution in [3.05, 3.63) is 107 Å². The largest absolute Gasteiger partial charge is 0.383 e. The zero-order chi connectivity index (χ0) is 23.4. The molecule has 0 spiro atoms. The number of nitrogens with zero attached hydrogens (tertiary/aromatic N) is 5. The lowest BCUT2D eigenvalue weighted by atomic mass is 10.2. The molecule has 0 bridgehead atoms. The maximum absolute atomic E-state index is 15.1. The second kappa shape index (κ2) is 9.66. The molecule has 9 heteroatoms. The van der Waals surface area contributed by atoms with E-state index in [1.54, 1.807) is 43.5 Å². The molecule has 2 aromatic heterocycles. The minimum absolute atomic E-state index is 0.103. The van der Waals surface area contributed by atoms with Gasteiger partial charge in [0.25, 0.3) is 0 Å². The first-order valence-electron chi connectivity index (χ1n) is 9.98. The zero-order valence-corrected chi connectivity index (χ0v) is 18.7. The van der Waals surface area contributed by atoms with Gasteiger partial charge in [0.05, 0.1) is 10.6 Å². The molecule has 0 saturated carbocycles. The van der Waals surface area contributed by atoms with E-state index < -0.39 is 17.0 Å². The van der Waals surface area contributed by atoms with Crippen LogP contribution < -0.4 is 5.43 Å². The Bertz CT molecular complexity index is 1370. The number of carbonyl (C=O) groups is 1. The van der Waals surface area contributed by atoms with Crippen LogP contribution in [-0.2, 0) is 0 Å². The molecular weight excluding hydrogens is 441 g/mol.